The molecule has 0 saturated carbocycles. The molecule has 0 aliphatic rings. The third-order valence-electron chi connectivity index (χ3n) is 4.67. The molecule has 0 aliphatic heterocycles. The van der Waals surface area contributed by atoms with Gasteiger partial charge in [-0.05, 0) is 34.8 Å². The summed E-state index contributed by atoms with van der Waals surface area (Å²) in [6, 6.07) is 15.4. The molecule has 1 amide bonds. The number of nitrogens with two attached hydrogens (primary N) is 1. The highest BCUT2D eigenvalue weighted by molar-refractivity contribution is 5.98. The Morgan fingerprint density at radius 1 is 1.16 bits per heavy atom. The maximum absolute atomic E-state index is 12.8. The van der Waals surface area contributed by atoms with Crippen molar-refractivity contribution in [2.75, 3.05) is 5.73 Å². The van der Waals surface area contributed by atoms with E-state index < -0.39 is 5.91 Å². The molecule has 0 fully saturated rings. The predicted molar refractivity (Wildman–Crippen MR) is 115 cm³/mol. The smallest absolute Gasteiger partial charge is 0.294 e. The van der Waals surface area contributed by atoms with Crippen molar-refractivity contribution in [3.8, 4) is 17.1 Å². The van der Waals surface area contributed by atoms with E-state index in [0.29, 0.717) is 11.3 Å². The largest absolute Gasteiger partial charge is 0.378 e. The fourth-order valence-electron chi connectivity index (χ4n) is 2.95. The highest BCUT2D eigenvalue weighted by Crippen LogP contribution is 2.26. The number of aryl methyl sites for hydroxylation is 2. The summed E-state index contributed by atoms with van der Waals surface area (Å²) >= 11 is 0. The number of nitrogens with one attached hydrogen (secondary N) is 1. The first-order chi connectivity index (χ1) is 15.1. The van der Waals surface area contributed by atoms with Crippen LogP contribution >= 0.6 is 0 Å². The lowest BCUT2D eigenvalue weighted by Crippen LogP contribution is -2.19. The average molecular weight is 416 g/mol. The number of benzene rings is 2. The molecule has 4 rings (SSSR count). The van der Waals surface area contributed by atoms with Crippen molar-refractivity contribution in [2.45, 2.75) is 20.3 Å². The summed E-state index contributed by atoms with van der Waals surface area (Å²) in [6.07, 6.45) is 2.52. The van der Waals surface area contributed by atoms with Gasteiger partial charge in [-0.15, -0.1) is 5.10 Å². The van der Waals surface area contributed by atoms with E-state index in [4.69, 9.17) is 5.73 Å². The van der Waals surface area contributed by atoms with Crippen LogP contribution in [0.1, 0.15) is 34.1 Å². The lowest BCUT2D eigenvalue weighted by molar-refractivity contribution is 0.0950. The number of carbonyl (C=O) groups is 1. The molecule has 4 aromatic rings. The van der Waals surface area contributed by atoms with Gasteiger partial charge in [0.1, 0.15) is 5.69 Å². The first kappa shape index (κ1) is 20.0. The zero-order valence-electron chi connectivity index (χ0n) is 17.0. The number of amides is 1. The van der Waals surface area contributed by atoms with Crippen molar-refractivity contribution < 1.29 is 9.42 Å². The Labute approximate surface area is 177 Å². The van der Waals surface area contributed by atoms with Gasteiger partial charge in [0.05, 0.1) is 6.21 Å². The number of anilines is 1. The SMILES string of the molecule is CCc1ccc(/C=N\NC(=O)c2nnn(-c3nonc3N)c2-c2ccc(C)cc2)cc1. The van der Waals surface area contributed by atoms with Crippen LogP contribution in [0.25, 0.3) is 17.1 Å². The molecule has 0 radical (unpaired) electrons. The molecule has 31 heavy (non-hydrogen) atoms. The van der Waals surface area contributed by atoms with Crippen molar-refractivity contribution in [3.63, 3.8) is 0 Å². The van der Waals surface area contributed by atoms with E-state index in [1.807, 2.05) is 55.5 Å². The molecular weight excluding hydrogens is 396 g/mol. The number of hydrogen-bond acceptors (Lipinski definition) is 8. The summed E-state index contributed by atoms with van der Waals surface area (Å²) in [6.45, 7) is 4.05. The van der Waals surface area contributed by atoms with Crippen LogP contribution in [0, 0.1) is 6.92 Å². The van der Waals surface area contributed by atoms with E-state index in [1.54, 1.807) is 6.21 Å². The number of hydrogen-bond donors (Lipinski definition) is 2. The van der Waals surface area contributed by atoms with E-state index in [0.717, 1.165) is 17.5 Å². The molecule has 0 aliphatic carbocycles. The fraction of sp³-hybridized carbons (Fsp3) is 0.143. The van der Waals surface area contributed by atoms with Crippen LogP contribution in [0.3, 0.4) is 0 Å². The van der Waals surface area contributed by atoms with Gasteiger partial charge in [-0.2, -0.15) is 9.78 Å². The van der Waals surface area contributed by atoms with E-state index in [9.17, 15) is 4.79 Å². The summed E-state index contributed by atoms with van der Waals surface area (Å²) in [5, 5.41) is 19.4. The van der Waals surface area contributed by atoms with E-state index >= 15 is 0 Å². The standard InChI is InChI=1S/C21H20N8O2/c1-3-14-6-8-15(9-7-14)12-23-25-21(30)17-18(16-10-4-13(2)5-11-16)29(28-24-17)20-19(22)26-31-27-20/h4-12H,3H2,1-2H3,(H2,22,26)(H,25,30)/b23-12-. The first-order valence-electron chi connectivity index (χ1n) is 9.60. The second kappa shape index (κ2) is 8.57. The Morgan fingerprint density at radius 2 is 1.90 bits per heavy atom. The lowest BCUT2D eigenvalue weighted by Gasteiger charge is -2.06. The van der Waals surface area contributed by atoms with Crippen LogP contribution < -0.4 is 11.2 Å². The Morgan fingerprint density at radius 3 is 2.55 bits per heavy atom. The molecule has 0 saturated heterocycles. The minimum Gasteiger partial charge on any atom is -0.378 e. The Balaban J connectivity index is 1.64. The molecule has 10 heteroatoms. The van der Waals surface area contributed by atoms with Gasteiger partial charge < -0.3 is 5.73 Å². The monoisotopic (exact) mass is 416 g/mol. The van der Waals surface area contributed by atoms with Crippen LogP contribution in [-0.4, -0.2) is 37.4 Å². The van der Waals surface area contributed by atoms with Crippen LogP contribution in [0.5, 0.6) is 0 Å². The van der Waals surface area contributed by atoms with Gasteiger partial charge in [0.25, 0.3) is 5.91 Å². The van der Waals surface area contributed by atoms with Crippen LogP contribution in [0.15, 0.2) is 58.3 Å². The van der Waals surface area contributed by atoms with E-state index in [2.05, 4.69) is 42.7 Å². The van der Waals surface area contributed by atoms with E-state index in [-0.39, 0.29) is 17.3 Å². The third-order valence-corrected chi connectivity index (χ3v) is 4.67. The topological polar surface area (TPSA) is 137 Å². The molecule has 2 aromatic carbocycles. The highest BCUT2D eigenvalue weighted by atomic mass is 16.6. The summed E-state index contributed by atoms with van der Waals surface area (Å²) < 4.78 is 5.99. The number of nitrogen functional groups attached to an aromatic ring is 1. The van der Waals surface area contributed by atoms with Gasteiger partial charge >= 0.3 is 0 Å². The van der Waals surface area contributed by atoms with Gasteiger partial charge in [0.2, 0.25) is 11.6 Å². The summed E-state index contributed by atoms with van der Waals surface area (Å²) in [5.41, 5.74) is 12.6. The zero-order chi connectivity index (χ0) is 21.8. The first-order valence-corrected chi connectivity index (χ1v) is 9.60. The lowest BCUT2D eigenvalue weighted by atomic mass is 10.1. The normalized spacial score (nSPS) is 11.2. The molecular formula is C21H20N8O2. The van der Waals surface area contributed by atoms with Crippen molar-refractivity contribution in [1.29, 1.82) is 0 Å². The second-order valence-corrected chi connectivity index (χ2v) is 6.83. The quantitative estimate of drug-likeness (QED) is 0.364. The van der Waals surface area contributed by atoms with Crippen LogP contribution in [0.4, 0.5) is 5.82 Å². The highest BCUT2D eigenvalue weighted by Gasteiger charge is 2.25. The molecule has 0 spiro atoms. The van der Waals surface area contributed by atoms with Crippen molar-refractivity contribution in [2.24, 2.45) is 5.10 Å². The Hall–Kier alpha value is -4.34. The molecule has 2 aromatic heterocycles. The molecule has 3 N–H and O–H groups in total. The second-order valence-electron chi connectivity index (χ2n) is 6.83. The zero-order valence-corrected chi connectivity index (χ0v) is 17.0. The summed E-state index contributed by atoms with van der Waals surface area (Å²) in [4.78, 5) is 12.8. The maximum Gasteiger partial charge on any atom is 0.294 e. The minimum atomic E-state index is -0.529. The average Bonchev–Trinajstić information content (AvgIpc) is 3.40. The number of aromatic nitrogens is 5. The van der Waals surface area contributed by atoms with Gasteiger partial charge in [-0.1, -0.05) is 66.2 Å². The molecule has 2 heterocycles. The molecule has 0 bridgehead atoms. The summed E-state index contributed by atoms with van der Waals surface area (Å²) in [5.74, 6) is -0.362. The maximum atomic E-state index is 12.8. The van der Waals surface area contributed by atoms with Crippen LogP contribution in [0.2, 0.25) is 0 Å². The van der Waals surface area contributed by atoms with Gasteiger partial charge in [0, 0.05) is 5.56 Å². The Kier molecular flexibility index (Phi) is 5.52. The number of hydrazone groups is 1. The molecule has 156 valence electrons. The fourth-order valence-corrected chi connectivity index (χ4v) is 2.95. The van der Waals surface area contributed by atoms with Gasteiger partial charge in [-0.25, -0.2) is 10.1 Å². The van der Waals surface area contributed by atoms with Gasteiger partial charge in [0.15, 0.2) is 5.69 Å². The third kappa shape index (κ3) is 4.17. The van der Waals surface area contributed by atoms with Crippen molar-refractivity contribution in [3.05, 3.63) is 70.9 Å². The number of rotatable bonds is 6. The molecule has 0 atom stereocenters. The predicted octanol–water partition coefficient (Wildman–Crippen LogP) is 2.53. The minimum absolute atomic E-state index is 0.0266. The number of carbonyl (C=O) groups excluding carboxylic acids is 1. The van der Waals surface area contributed by atoms with Crippen molar-refractivity contribution >= 4 is 17.9 Å². The molecule has 0 unspecified atom stereocenters. The van der Waals surface area contributed by atoms with E-state index in [1.165, 1.54) is 10.2 Å². The molecule has 10 nitrogen and oxygen atoms in total. The van der Waals surface area contributed by atoms with Crippen LogP contribution in [-0.2, 0) is 6.42 Å². The van der Waals surface area contributed by atoms with Crippen molar-refractivity contribution in [1.82, 2.24) is 30.7 Å². The summed E-state index contributed by atoms with van der Waals surface area (Å²) in [7, 11) is 0. The van der Waals surface area contributed by atoms with Gasteiger partial charge in [-0.3, -0.25) is 4.79 Å². The number of nitrogens with zero attached hydrogens (tertiary/aromatic N) is 6. The Bertz CT molecular complexity index is 1220.